The molecule has 5 heteroatoms. The summed E-state index contributed by atoms with van der Waals surface area (Å²) in [5.41, 5.74) is 0. The zero-order chi connectivity index (χ0) is 10.8. The molecule has 1 aromatic heterocycles. The van der Waals surface area contributed by atoms with Crippen LogP contribution in [0, 0.1) is 11.8 Å². The molecule has 0 bridgehead atoms. The summed E-state index contributed by atoms with van der Waals surface area (Å²) in [6.07, 6.45) is 3.13. The second-order valence-electron chi connectivity index (χ2n) is 4.00. The fourth-order valence-electron chi connectivity index (χ4n) is 1.87. The third-order valence-corrected chi connectivity index (χ3v) is 3.05. The van der Waals surface area contributed by atoms with Gasteiger partial charge in [-0.2, -0.15) is 0 Å². The SMILES string of the molecule is CC1CN(c2ncc(Cl)cn2)CC1CF. The minimum absolute atomic E-state index is 0.101. The van der Waals surface area contributed by atoms with Crippen molar-refractivity contribution in [1.29, 1.82) is 0 Å². The highest BCUT2D eigenvalue weighted by atomic mass is 35.5. The van der Waals surface area contributed by atoms with E-state index in [-0.39, 0.29) is 12.6 Å². The van der Waals surface area contributed by atoms with Crippen LogP contribution in [0.1, 0.15) is 6.92 Å². The number of hydrogen-bond acceptors (Lipinski definition) is 3. The highest BCUT2D eigenvalue weighted by Crippen LogP contribution is 2.26. The van der Waals surface area contributed by atoms with Crippen molar-refractivity contribution in [3.8, 4) is 0 Å². The summed E-state index contributed by atoms with van der Waals surface area (Å²) in [6, 6.07) is 0. The second-order valence-corrected chi connectivity index (χ2v) is 4.43. The molecule has 0 amide bonds. The zero-order valence-corrected chi connectivity index (χ0v) is 9.28. The van der Waals surface area contributed by atoms with Gasteiger partial charge in [-0.3, -0.25) is 4.39 Å². The number of alkyl halides is 1. The van der Waals surface area contributed by atoms with Gasteiger partial charge in [0.15, 0.2) is 0 Å². The number of rotatable bonds is 2. The average molecular weight is 230 g/mol. The average Bonchev–Trinajstić information content (AvgIpc) is 2.61. The molecule has 1 fully saturated rings. The molecule has 2 rings (SSSR count). The van der Waals surface area contributed by atoms with Gasteiger partial charge in [0, 0.05) is 19.0 Å². The quantitative estimate of drug-likeness (QED) is 0.779. The smallest absolute Gasteiger partial charge is 0.225 e. The predicted octanol–water partition coefficient (Wildman–Crippen LogP) is 2.17. The first-order valence-corrected chi connectivity index (χ1v) is 5.37. The molecule has 3 nitrogen and oxygen atoms in total. The Kier molecular flexibility index (Phi) is 3.05. The van der Waals surface area contributed by atoms with Crippen LogP contribution in [0.15, 0.2) is 12.4 Å². The van der Waals surface area contributed by atoms with Crippen molar-refractivity contribution in [1.82, 2.24) is 9.97 Å². The number of anilines is 1. The van der Waals surface area contributed by atoms with Crippen molar-refractivity contribution < 1.29 is 4.39 Å². The molecule has 0 aliphatic carbocycles. The summed E-state index contributed by atoms with van der Waals surface area (Å²) in [5.74, 6) is 1.10. The van der Waals surface area contributed by atoms with E-state index in [1.54, 1.807) is 12.4 Å². The van der Waals surface area contributed by atoms with Crippen LogP contribution in [-0.2, 0) is 0 Å². The third kappa shape index (κ3) is 2.20. The van der Waals surface area contributed by atoms with Crippen molar-refractivity contribution in [3.63, 3.8) is 0 Å². The highest BCUT2D eigenvalue weighted by molar-refractivity contribution is 6.30. The maximum absolute atomic E-state index is 12.6. The molecule has 1 aromatic rings. The summed E-state index contributed by atoms with van der Waals surface area (Å²) in [6.45, 7) is 3.29. The molecule has 82 valence electrons. The second kappa shape index (κ2) is 4.31. The first-order valence-electron chi connectivity index (χ1n) is 4.99. The van der Waals surface area contributed by atoms with E-state index in [0.29, 0.717) is 23.4 Å². The maximum atomic E-state index is 12.6. The van der Waals surface area contributed by atoms with Gasteiger partial charge in [0.25, 0.3) is 0 Å². The summed E-state index contributed by atoms with van der Waals surface area (Å²) in [7, 11) is 0. The van der Waals surface area contributed by atoms with Crippen molar-refractivity contribution in [2.24, 2.45) is 11.8 Å². The Morgan fingerprint density at radius 3 is 2.67 bits per heavy atom. The van der Waals surface area contributed by atoms with E-state index in [1.807, 2.05) is 4.90 Å². The number of nitrogens with zero attached hydrogens (tertiary/aromatic N) is 3. The number of halogens is 2. The van der Waals surface area contributed by atoms with E-state index in [9.17, 15) is 4.39 Å². The molecule has 15 heavy (non-hydrogen) atoms. The van der Waals surface area contributed by atoms with Crippen LogP contribution in [0.25, 0.3) is 0 Å². The molecule has 2 unspecified atom stereocenters. The summed E-state index contributed by atoms with van der Waals surface area (Å²) in [5, 5.41) is 0.521. The Bertz CT molecular complexity index is 330. The lowest BCUT2D eigenvalue weighted by Crippen LogP contribution is -2.22. The minimum Gasteiger partial charge on any atom is -0.340 e. The molecule has 1 aliphatic rings. The first-order chi connectivity index (χ1) is 7.20. The van der Waals surface area contributed by atoms with Gasteiger partial charge in [-0.05, 0) is 5.92 Å². The molecule has 0 aromatic carbocycles. The van der Waals surface area contributed by atoms with E-state index in [2.05, 4.69) is 16.9 Å². The lowest BCUT2D eigenvalue weighted by Gasteiger charge is -2.14. The van der Waals surface area contributed by atoms with Crippen LogP contribution in [0.2, 0.25) is 5.02 Å². The van der Waals surface area contributed by atoms with Gasteiger partial charge in [-0.1, -0.05) is 18.5 Å². The largest absolute Gasteiger partial charge is 0.340 e. The molecule has 2 atom stereocenters. The highest BCUT2D eigenvalue weighted by Gasteiger charge is 2.30. The van der Waals surface area contributed by atoms with Crippen LogP contribution in [0.3, 0.4) is 0 Å². The normalized spacial score (nSPS) is 25.9. The van der Waals surface area contributed by atoms with Gasteiger partial charge in [0.2, 0.25) is 5.95 Å². The molecule has 1 saturated heterocycles. The van der Waals surface area contributed by atoms with E-state index in [4.69, 9.17) is 11.6 Å². The topological polar surface area (TPSA) is 29.0 Å². The first kappa shape index (κ1) is 10.6. The molecule has 0 N–H and O–H groups in total. The van der Waals surface area contributed by atoms with Crippen molar-refractivity contribution in [2.45, 2.75) is 6.92 Å². The molecule has 0 radical (unpaired) electrons. The maximum Gasteiger partial charge on any atom is 0.225 e. The van der Waals surface area contributed by atoms with Crippen LogP contribution >= 0.6 is 11.6 Å². The predicted molar refractivity (Wildman–Crippen MR) is 57.9 cm³/mol. The van der Waals surface area contributed by atoms with Crippen LogP contribution in [0.5, 0.6) is 0 Å². The van der Waals surface area contributed by atoms with E-state index < -0.39 is 0 Å². The Balaban J connectivity index is 2.10. The zero-order valence-electron chi connectivity index (χ0n) is 8.53. The Morgan fingerprint density at radius 2 is 2.13 bits per heavy atom. The van der Waals surface area contributed by atoms with Crippen molar-refractivity contribution >= 4 is 17.5 Å². The monoisotopic (exact) mass is 229 g/mol. The van der Waals surface area contributed by atoms with Crippen LogP contribution in [0.4, 0.5) is 10.3 Å². The molecule has 0 spiro atoms. The molecule has 0 saturated carbocycles. The van der Waals surface area contributed by atoms with Gasteiger partial charge in [-0.15, -0.1) is 0 Å². The molecular formula is C10H13ClFN3. The molecular weight excluding hydrogens is 217 g/mol. The Morgan fingerprint density at radius 1 is 1.47 bits per heavy atom. The molecule has 1 aliphatic heterocycles. The fraction of sp³-hybridized carbons (Fsp3) is 0.600. The number of aromatic nitrogens is 2. The van der Waals surface area contributed by atoms with Gasteiger partial charge >= 0.3 is 0 Å². The van der Waals surface area contributed by atoms with Gasteiger partial charge in [0.1, 0.15) is 0 Å². The van der Waals surface area contributed by atoms with Crippen LogP contribution < -0.4 is 4.90 Å². The van der Waals surface area contributed by atoms with E-state index in [0.717, 1.165) is 6.54 Å². The Labute approximate surface area is 93.3 Å². The van der Waals surface area contributed by atoms with Crippen molar-refractivity contribution in [2.75, 3.05) is 24.7 Å². The standard InChI is InChI=1S/C10H13ClFN3/c1-7-5-15(6-8(7)2-12)10-13-3-9(11)4-14-10/h3-4,7-8H,2,5-6H2,1H3. The van der Waals surface area contributed by atoms with E-state index in [1.165, 1.54) is 0 Å². The fourth-order valence-corrected chi connectivity index (χ4v) is 1.96. The number of hydrogen-bond donors (Lipinski definition) is 0. The molecule has 2 heterocycles. The van der Waals surface area contributed by atoms with Gasteiger partial charge in [0.05, 0.1) is 24.1 Å². The lowest BCUT2D eigenvalue weighted by molar-refractivity contribution is 0.329. The lowest BCUT2D eigenvalue weighted by atomic mass is 10.0. The van der Waals surface area contributed by atoms with Crippen molar-refractivity contribution in [3.05, 3.63) is 17.4 Å². The Hall–Kier alpha value is -0.900. The van der Waals surface area contributed by atoms with Gasteiger partial charge in [-0.25, -0.2) is 9.97 Å². The summed E-state index contributed by atoms with van der Waals surface area (Å²) < 4.78 is 12.6. The minimum atomic E-state index is -0.273. The van der Waals surface area contributed by atoms with E-state index >= 15 is 0 Å². The van der Waals surface area contributed by atoms with Gasteiger partial charge < -0.3 is 4.90 Å². The summed E-state index contributed by atoms with van der Waals surface area (Å²) in [4.78, 5) is 10.3. The van der Waals surface area contributed by atoms with Crippen LogP contribution in [-0.4, -0.2) is 29.7 Å². The third-order valence-electron chi connectivity index (χ3n) is 2.86. The summed E-state index contributed by atoms with van der Waals surface area (Å²) >= 11 is 5.70.